The van der Waals surface area contributed by atoms with Gasteiger partial charge in [-0.25, -0.2) is 9.97 Å². The van der Waals surface area contributed by atoms with E-state index < -0.39 is 0 Å². The van der Waals surface area contributed by atoms with E-state index >= 15 is 0 Å². The number of ether oxygens (including phenoxy) is 2. The van der Waals surface area contributed by atoms with Crippen LogP contribution in [0.4, 0.5) is 5.82 Å². The van der Waals surface area contributed by atoms with Crippen molar-refractivity contribution < 1.29 is 14.3 Å². The van der Waals surface area contributed by atoms with Gasteiger partial charge >= 0.3 is 0 Å². The predicted octanol–water partition coefficient (Wildman–Crippen LogP) is 5.28. The van der Waals surface area contributed by atoms with Crippen LogP contribution >= 0.6 is 11.3 Å². The molecule has 0 N–H and O–H groups in total. The van der Waals surface area contributed by atoms with Gasteiger partial charge in [0.25, 0.3) is 5.91 Å². The molecule has 0 bridgehead atoms. The van der Waals surface area contributed by atoms with Gasteiger partial charge in [-0.2, -0.15) is 0 Å². The Balaban J connectivity index is 1.40. The summed E-state index contributed by atoms with van der Waals surface area (Å²) in [5.41, 5.74) is 2.07. The third kappa shape index (κ3) is 5.01. The highest BCUT2D eigenvalue weighted by atomic mass is 32.1. The average Bonchev–Trinajstić information content (AvgIpc) is 3.11. The fourth-order valence-electron chi connectivity index (χ4n) is 5.27. The molecule has 3 heterocycles. The minimum absolute atomic E-state index is 0.00715. The van der Waals surface area contributed by atoms with Gasteiger partial charge in [-0.05, 0) is 49.8 Å². The number of nitrogens with zero attached hydrogens (tertiary/aromatic N) is 4. The largest absolute Gasteiger partial charge is 0.497 e. The van der Waals surface area contributed by atoms with Crippen molar-refractivity contribution >= 4 is 33.3 Å². The zero-order chi connectivity index (χ0) is 25.1. The lowest BCUT2D eigenvalue weighted by Crippen LogP contribution is -2.49. The molecule has 1 aromatic carbocycles. The van der Waals surface area contributed by atoms with Crippen molar-refractivity contribution in [2.24, 2.45) is 0 Å². The van der Waals surface area contributed by atoms with Crippen molar-refractivity contribution in [3.05, 3.63) is 40.0 Å². The summed E-state index contributed by atoms with van der Waals surface area (Å²) in [7, 11) is 3.20. The van der Waals surface area contributed by atoms with Gasteiger partial charge in [0, 0.05) is 49.1 Å². The lowest BCUT2D eigenvalue weighted by molar-refractivity contribution is 0.0746. The zero-order valence-corrected chi connectivity index (χ0v) is 22.5. The third-order valence-corrected chi connectivity index (χ3v) is 8.50. The van der Waals surface area contributed by atoms with Gasteiger partial charge in [0.1, 0.15) is 28.0 Å². The molecule has 1 aliphatic carbocycles. The van der Waals surface area contributed by atoms with E-state index in [1.165, 1.54) is 35.1 Å². The molecule has 1 aliphatic heterocycles. The smallest absolute Gasteiger partial charge is 0.254 e. The number of amides is 1. The summed E-state index contributed by atoms with van der Waals surface area (Å²) in [6.45, 7) is 5.04. The van der Waals surface area contributed by atoms with Gasteiger partial charge in [-0.15, -0.1) is 11.3 Å². The number of hydrogen-bond donors (Lipinski definition) is 0. The Labute approximate surface area is 217 Å². The lowest BCUT2D eigenvalue weighted by atomic mass is 10.1. The van der Waals surface area contributed by atoms with Crippen molar-refractivity contribution in [1.82, 2.24) is 14.9 Å². The Hall–Kier alpha value is -2.87. The number of aryl methyl sites for hydroxylation is 3. The van der Waals surface area contributed by atoms with Crippen LogP contribution in [0.1, 0.15) is 65.7 Å². The Morgan fingerprint density at radius 2 is 1.69 bits per heavy atom. The van der Waals surface area contributed by atoms with Gasteiger partial charge in [-0.3, -0.25) is 4.79 Å². The van der Waals surface area contributed by atoms with Crippen molar-refractivity contribution in [3.8, 4) is 11.5 Å². The number of methoxy groups -OCH3 is 2. The molecule has 0 atom stereocenters. The van der Waals surface area contributed by atoms with Crippen molar-refractivity contribution in [3.63, 3.8) is 0 Å². The molecule has 8 heteroatoms. The van der Waals surface area contributed by atoms with Crippen LogP contribution < -0.4 is 14.4 Å². The van der Waals surface area contributed by atoms with E-state index in [4.69, 9.17) is 19.4 Å². The Morgan fingerprint density at radius 3 is 2.39 bits per heavy atom. The van der Waals surface area contributed by atoms with Crippen LogP contribution in [0.5, 0.6) is 11.5 Å². The highest BCUT2D eigenvalue weighted by Gasteiger charge is 2.28. The number of aromatic nitrogens is 2. The molecule has 1 amide bonds. The van der Waals surface area contributed by atoms with Crippen molar-refractivity contribution in [1.29, 1.82) is 0 Å². The average molecular weight is 509 g/mol. The van der Waals surface area contributed by atoms with Crippen LogP contribution in [-0.2, 0) is 19.3 Å². The monoisotopic (exact) mass is 508 g/mol. The molecule has 2 aromatic heterocycles. The number of rotatable bonds is 7. The van der Waals surface area contributed by atoms with Gasteiger partial charge in [0.15, 0.2) is 0 Å². The summed E-state index contributed by atoms with van der Waals surface area (Å²) >= 11 is 1.88. The first-order chi connectivity index (χ1) is 17.6. The van der Waals surface area contributed by atoms with Gasteiger partial charge in [-0.1, -0.05) is 19.8 Å². The molecule has 36 heavy (non-hydrogen) atoms. The molecule has 192 valence electrons. The SMILES string of the molecule is CCCCc1nc(N2CCN(C(=O)c3cc(OC)cc(OC)c3)CC2)c2c3c(sc2n1)CCCCC3. The molecule has 3 aromatic rings. The van der Waals surface area contributed by atoms with E-state index in [1.54, 1.807) is 32.4 Å². The van der Waals surface area contributed by atoms with Gasteiger partial charge < -0.3 is 19.3 Å². The summed E-state index contributed by atoms with van der Waals surface area (Å²) in [6, 6.07) is 5.35. The van der Waals surface area contributed by atoms with Gasteiger partial charge in [0.05, 0.1) is 19.6 Å². The summed E-state index contributed by atoms with van der Waals surface area (Å²) in [6.07, 6.45) is 9.23. The Kier molecular flexibility index (Phi) is 7.60. The van der Waals surface area contributed by atoms with Crippen molar-refractivity contribution in [2.75, 3.05) is 45.3 Å². The molecule has 0 unspecified atom stereocenters. The molecular formula is C28H36N4O3S. The molecular weight excluding hydrogens is 472 g/mol. The van der Waals surface area contributed by atoms with Crippen molar-refractivity contribution in [2.45, 2.75) is 58.3 Å². The topological polar surface area (TPSA) is 67.8 Å². The molecule has 1 fully saturated rings. The summed E-state index contributed by atoms with van der Waals surface area (Å²) in [4.78, 5) is 30.4. The maximum atomic E-state index is 13.3. The van der Waals surface area contributed by atoms with Crippen LogP contribution in [0.25, 0.3) is 10.2 Å². The summed E-state index contributed by atoms with van der Waals surface area (Å²) in [5, 5.41) is 1.27. The van der Waals surface area contributed by atoms with E-state index in [0.29, 0.717) is 30.2 Å². The maximum Gasteiger partial charge on any atom is 0.254 e. The summed E-state index contributed by atoms with van der Waals surface area (Å²) < 4.78 is 10.7. The normalized spacial score (nSPS) is 16.1. The number of anilines is 1. The van der Waals surface area contributed by atoms with Crippen LogP contribution in [-0.4, -0.2) is 61.2 Å². The highest BCUT2D eigenvalue weighted by Crippen LogP contribution is 2.39. The lowest BCUT2D eigenvalue weighted by Gasteiger charge is -2.36. The third-order valence-electron chi connectivity index (χ3n) is 7.31. The standard InChI is InChI=1S/C28H36N4O3S/c1-4-5-11-24-29-26(25-22-9-7-6-8-10-23(22)36-27(25)30-24)31-12-14-32(15-13-31)28(33)19-16-20(34-2)18-21(17-19)35-3/h16-18H,4-15H2,1-3H3. The first-order valence-electron chi connectivity index (χ1n) is 13.2. The molecule has 0 radical (unpaired) electrons. The quantitative estimate of drug-likeness (QED) is 0.405. The fraction of sp³-hybridized carbons (Fsp3) is 0.536. The number of fused-ring (bicyclic) bond motifs is 3. The first-order valence-corrected chi connectivity index (χ1v) is 14.0. The second-order valence-corrected chi connectivity index (χ2v) is 10.8. The van der Waals surface area contributed by atoms with Crippen LogP contribution in [0, 0.1) is 0 Å². The van der Waals surface area contributed by atoms with Crippen LogP contribution in [0.3, 0.4) is 0 Å². The molecule has 0 spiro atoms. The summed E-state index contributed by atoms with van der Waals surface area (Å²) in [5.74, 6) is 3.29. The Bertz CT molecular complexity index is 1210. The number of piperazine rings is 1. The number of unbranched alkanes of at least 4 members (excludes halogenated alkanes) is 1. The van der Waals surface area contributed by atoms with E-state index in [2.05, 4.69) is 11.8 Å². The van der Waals surface area contributed by atoms with E-state index in [9.17, 15) is 4.79 Å². The highest BCUT2D eigenvalue weighted by molar-refractivity contribution is 7.19. The minimum atomic E-state index is 0.00715. The number of carbonyl (C=O) groups excluding carboxylic acids is 1. The Morgan fingerprint density at radius 1 is 0.972 bits per heavy atom. The van der Waals surface area contributed by atoms with Crippen LogP contribution in [0.2, 0.25) is 0 Å². The molecule has 0 saturated carbocycles. The van der Waals surface area contributed by atoms with E-state index in [-0.39, 0.29) is 5.91 Å². The maximum absolute atomic E-state index is 13.3. The molecule has 1 saturated heterocycles. The molecule has 7 nitrogen and oxygen atoms in total. The zero-order valence-electron chi connectivity index (χ0n) is 21.6. The number of hydrogen-bond acceptors (Lipinski definition) is 7. The fourth-order valence-corrected chi connectivity index (χ4v) is 6.54. The molecule has 2 aliphatic rings. The first kappa shape index (κ1) is 24.8. The predicted molar refractivity (Wildman–Crippen MR) is 145 cm³/mol. The van der Waals surface area contributed by atoms with E-state index in [1.807, 2.05) is 16.2 Å². The van der Waals surface area contributed by atoms with Crippen LogP contribution in [0.15, 0.2) is 18.2 Å². The van der Waals surface area contributed by atoms with Gasteiger partial charge in [0.2, 0.25) is 0 Å². The van der Waals surface area contributed by atoms with E-state index in [0.717, 1.165) is 61.7 Å². The number of benzene rings is 1. The number of thiophene rings is 1. The second-order valence-electron chi connectivity index (χ2n) is 9.69. The minimum Gasteiger partial charge on any atom is -0.497 e. The second kappa shape index (κ2) is 11.0. The number of carbonyl (C=O) groups is 1. The molecule has 5 rings (SSSR count).